The minimum absolute atomic E-state index is 0.237. The third-order valence-electron chi connectivity index (χ3n) is 1.98. The van der Waals surface area contributed by atoms with Crippen molar-refractivity contribution in [3.8, 4) is 11.5 Å². The summed E-state index contributed by atoms with van der Waals surface area (Å²) in [5, 5.41) is 13.8. The van der Waals surface area contributed by atoms with Crippen molar-refractivity contribution >= 4 is 23.2 Å². The van der Waals surface area contributed by atoms with Crippen LogP contribution in [0.3, 0.4) is 0 Å². The molecule has 1 heterocycles. The monoisotopic (exact) mass is 258 g/mol. The average molecular weight is 259 g/mol. The minimum atomic E-state index is -0.764. The van der Waals surface area contributed by atoms with Gasteiger partial charge in [-0.05, 0) is 25.1 Å². The van der Waals surface area contributed by atoms with Gasteiger partial charge >= 0.3 is 0 Å². The van der Waals surface area contributed by atoms with Crippen LogP contribution in [0.15, 0.2) is 22.7 Å². The second-order valence-corrected chi connectivity index (χ2v) is 4.08. The summed E-state index contributed by atoms with van der Waals surface area (Å²) < 4.78 is 4.98. The van der Waals surface area contributed by atoms with Gasteiger partial charge in [-0.3, -0.25) is 0 Å². The Morgan fingerprint density at radius 2 is 2.06 bits per heavy atom. The molecule has 0 amide bonds. The highest BCUT2D eigenvalue weighted by atomic mass is 35.5. The molecule has 4 nitrogen and oxygen atoms in total. The van der Waals surface area contributed by atoms with Crippen molar-refractivity contribution in [3.05, 3.63) is 34.1 Å². The van der Waals surface area contributed by atoms with Crippen LogP contribution in [0.5, 0.6) is 0 Å². The van der Waals surface area contributed by atoms with Gasteiger partial charge in [-0.25, -0.2) is 0 Å². The number of aromatic nitrogens is 2. The molecule has 0 saturated heterocycles. The van der Waals surface area contributed by atoms with Crippen LogP contribution in [0.4, 0.5) is 0 Å². The first kappa shape index (κ1) is 11.4. The van der Waals surface area contributed by atoms with Crippen LogP contribution in [-0.4, -0.2) is 15.2 Å². The molecule has 16 heavy (non-hydrogen) atoms. The van der Waals surface area contributed by atoms with Crippen molar-refractivity contribution in [2.75, 3.05) is 0 Å². The predicted molar refractivity (Wildman–Crippen MR) is 60.4 cm³/mol. The summed E-state index contributed by atoms with van der Waals surface area (Å²) in [5.74, 6) is 0.538. The summed E-state index contributed by atoms with van der Waals surface area (Å²) in [4.78, 5) is 4.02. The van der Waals surface area contributed by atoms with E-state index >= 15 is 0 Å². The molecule has 1 unspecified atom stereocenters. The second-order valence-electron chi connectivity index (χ2n) is 3.26. The molecule has 0 aliphatic rings. The molecule has 0 aliphatic heterocycles. The molecule has 2 aromatic rings. The average Bonchev–Trinajstić information content (AvgIpc) is 2.71. The van der Waals surface area contributed by atoms with E-state index in [4.69, 9.17) is 27.7 Å². The Kier molecular flexibility index (Phi) is 3.14. The Morgan fingerprint density at radius 3 is 2.62 bits per heavy atom. The summed E-state index contributed by atoms with van der Waals surface area (Å²) in [7, 11) is 0. The molecule has 0 spiro atoms. The van der Waals surface area contributed by atoms with Crippen LogP contribution in [-0.2, 0) is 0 Å². The Hall–Kier alpha value is -1.10. The van der Waals surface area contributed by atoms with Gasteiger partial charge in [-0.2, -0.15) is 4.98 Å². The Labute approximate surface area is 102 Å². The Morgan fingerprint density at radius 1 is 1.31 bits per heavy atom. The number of aliphatic hydroxyl groups excluding tert-OH is 1. The summed E-state index contributed by atoms with van der Waals surface area (Å²) >= 11 is 11.6. The van der Waals surface area contributed by atoms with E-state index < -0.39 is 6.10 Å². The van der Waals surface area contributed by atoms with Crippen LogP contribution in [0, 0.1) is 0 Å². The van der Waals surface area contributed by atoms with Gasteiger partial charge in [-0.1, -0.05) is 28.4 Å². The molecule has 0 saturated carbocycles. The molecular weight excluding hydrogens is 251 g/mol. The summed E-state index contributed by atoms with van der Waals surface area (Å²) in [6, 6.07) is 4.99. The zero-order valence-corrected chi connectivity index (χ0v) is 9.83. The highest BCUT2D eigenvalue weighted by Gasteiger charge is 2.13. The molecule has 0 fully saturated rings. The maximum absolute atomic E-state index is 9.25. The molecule has 0 aliphatic carbocycles. The predicted octanol–water partition coefficient (Wildman–Crippen LogP) is 3.10. The maximum atomic E-state index is 9.25. The minimum Gasteiger partial charge on any atom is -0.385 e. The van der Waals surface area contributed by atoms with Crippen molar-refractivity contribution < 1.29 is 9.63 Å². The first-order valence-electron chi connectivity index (χ1n) is 4.55. The van der Waals surface area contributed by atoms with Crippen LogP contribution >= 0.6 is 23.2 Å². The van der Waals surface area contributed by atoms with E-state index in [0.717, 1.165) is 0 Å². The zero-order chi connectivity index (χ0) is 11.7. The highest BCUT2D eigenvalue weighted by molar-refractivity contribution is 6.42. The number of halogens is 2. The van der Waals surface area contributed by atoms with E-state index in [-0.39, 0.29) is 5.82 Å². The van der Waals surface area contributed by atoms with Gasteiger partial charge in [0, 0.05) is 5.56 Å². The van der Waals surface area contributed by atoms with Crippen molar-refractivity contribution in [1.82, 2.24) is 10.1 Å². The second kappa shape index (κ2) is 4.41. The molecule has 84 valence electrons. The van der Waals surface area contributed by atoms with E-state index in [2.05, 4.69) is 10.1 Å². The topological polar surface area (TPSA) is 59.2 Å². The summed E-state index contributed by atoms with van der Waals surface area (Å²) in [6.07, 6.45) is -0.764. The highest BCUT2D eigenvalue weighted by Crippen LogP contribution is 2.27. The fraction of sp³-hybridized carbons (Fsp3) is 0.200. The third kappa shape index (κ3) is 2.19. The van der Waals surface area contributed by atoms with Gasteiger partial charge < -0.3 is 9.63 Å². The van der Waals surface area contributed by atoms with Crippen molar-refractivity contribution in [1.29, 1.82) is 0 Å². The molecule has 0 bridgehead atoms. The number of aliphatic hydroxyl groups is 1. The molecule has 6 heteroatoms. The number of benzene rings is 1. The van der Waals surface area contributed by atoms with Crippen LogP contribution in [0.1, 0.15) is 18.9 Å². The lowest BCUT2D eigenvalue weighted by molar-refractivity contribution is 0.184. The van der Waals surface area contributed by atoms with Crippen LogP contribution in [0.25, 0.3) is 11.5 Å². The van der Waals surface area contributed by atoms with E-state index in [9.17, 15) is 5.11 Å². The number of rotatable bonds is 2. The normalized spacial score (nSPS) is 12.8. The van der Waals surface area contributed by atoms with Crippen LogP contribution in [0.2, 0.25) is 10.0 Å². The van der Waals surface area contributed by atoms with E-state index in [1.165, 1.54) is 0 Å². The summed E-state index contributed by atoms with van der Waals surface area (Å²) in [6.45, 7) is 1.56. The van der Waals surface area contributed by atoms with Crippen molar-refractivity contribution in [3.63, 3.8) is 0 Å². The van der Waals surface area contributed by atoms with E-state index in [0.29, 0.717) is 21.5 Å². The molecule has 1 N–H and O–H groups in total. The molecule has 1 atom stereocenters. The molecule has 0 radical (unpaired) electrons. The number of hydrogen-bond donors (Lipinski definition) is 1. The standard InChI is InChI=1S/C10H8Cl2N2O2/c1-5(15)9-13-10(16-14-9)6-2-3-7(11)8(12)4-6/h2-5,15H,1H3. The Bertz CT molecular complexity index is 511. The smallest absolute Gasteiger partial charge is 0.258 e. The Balaban J connectivity index is 2.39. The fourth-order valence-electron chi connectivity index (χ4n) is 1.15. The lowest BCUT2D eigenvalue weighted by atomic mass is 10.2. The lowest BCUT2D eigenvalue weighted by Crippen LogP contribution is -1.92. The van der Waals surface area contributed by atoms with Crippen molar-refractivity contribution in [2.24, 2.45) is 0 Å². The van der Waals surface area contributed by atoms with Gasteiger partial charge in [0.25, 0.3) is 5.89 Å². The van der Waals surface area contributed by atoms with Crippen molar-refractivity contribution in [2.45, 2.75) is 13.0 Å². The summed E-state index contributed by atoms with van der Waals surface area (Å²) in [5.41, 5.74) is 0.661. The van der Waals surface area contributed by atoms with Crippen LogP contribution < -0.4 is 0 Å². The molecule has 1 aromatic heterocycles. The lowest BCUT2D eigenvalue weighted by Gasteiger charge is -1.97. The molecule has 2 rings (SSSR count). The SMILES string of the molecule is CC(O)c1noc(-c2ccc(Cl)c(Cl)c2)n1. The first-order chi connectivity index (χ1) is 7.58. The third-order valence-corrected chi connectivity index (χ3v) is 2.72. The van der Waals surface area contributed by atoms with Gasteiger partial charge in [0.05, 0.1) is 10.0 Å². The molecule has 1 aromatic carbocycles. The first-order valence-corrected chi connectivity index (χ1v) is 5.30. The van der Waals surface area contributed by atoms with Gasteiger partial charge in [0.15, 0.2) is 5.82 Å². The molecular formula is C10H8Cl2N2O2. The van der Waals surface area contributed by atoms with Gasteiger partial charge in [0.1, 0.15) is 6.10 Å². The van der Waals surface area contributed by atoms with Gasteiger partial charge in [-0.15, -0.1) is 0 Å². The van der Waals surface area contributed by atoms with E-state index in [1.54, 1.807) is 25.1 Å². The number of hydrogen-bond acceptors (Lipinski definition) is 4. The quantitative estimate of drug-likeness (QED) is 0.900. The fourth-order valence-corrected chi connectivity index (χ4v) is 1.45. The number of nitrogens with zero attached hydrogens (tertiary/aromatic N) is 2. The van der Waals surface area contributed by atoms with Gasteiger partial charge in [0.2, 0.25) is 0 Å². The largest absolute Gasteiger partial charge is 0.385 e. The maximum Gasteiger partial charge on any atom is 0.258 e. The zero-order valence-electron chi connectivity index (χ0n) is 8.32. The van der Waals surface area contributed by atoms with E-state index in [1.807, 2.05) is 0 Å².